The molecule has 0 aliphatic heterocycles. The highest BCUT2D eigenvalue weighted by atomic mass is 19.1. The molecule has 32 heavy (non-hydrogen) atoms. The van der Waals surface area contributed by atoms with E-state index in [-0.39, 0.29) is 46.8 Å². The van der Waals surface area contributed by atoms with Gasteiger partial charge in [-0.25, -0.2) is 18.7 Å². The van der Waals surface area contributed by atoms with Gasteiger partial charge in [0, 0.05) is 23.2 Å². The molecular formula is C23H21F2N5O2. The summed E-state index contributed by atoms with van der Waals surface area (Å²) in [5, 5.41) is 13.2. The van der Waals surface area contributed by atoms with Gasteiger partial charge in [-0.15, -0.1) is 0 Å². The highest BCUT2D eigenvalue weighted by Crippen LogP contribution is 2.47. The van der Waals surface area contributed by atoms with Crippen molar-refractivity contribution in [2.75, 3.05) is 12.4 Å². The van der Waals surface area contributed by atoms with E-state index in [1.165, 1.54) is 13.2 Å². The van der Waals surface area contributed by atoms with Crippen LogP contribution in [0.25, 0.3) is 22.3 Å². The number of nitriles is 1. The Labute approximate surface area is 182 Å². The number of anilines is 1. The van der Waals surface area contributed by atoms with Crippen molar-refractivity contribution in [1.82, 2.24) is 15.0 Å². The predicted molar refractivity (Wildman–Crippen MR) is 112 cm³/mol. The second kappa shape index (κ2) is 7.86. The highest BCUT2D eigenvalue weighted by Gasteiger charge is 2.48. The quantitative estimate of drug-likeness (QED) is 0.594. The molecule has 2 atom stereocenters. The van der Waals surface area contributed by atoms with E-state index < -0.39 is 11.6 Å². The number of carbonyl (C=O) groups is 1. The fourth-order valence-corrected chi connectivity index (χ4v) is 5.34. The maximum Gasteiger partial charge on any atom is 0.311 e. The fourth-order valence-electron chi connectivity index (χ4n) is 5.34. The van der Waals surface area contributed by atoms with Crippen molar-refractivity contribution < 1.29 is 18.3 Å². The Hall–Kier alpha value is -3.54. The van der Waals surface area contributed by atoms with Crippen molar-refractivity contribution in [3.05, 3.63) is 41.7 Å². The zero-order chi connectivity index (χ0) is 22.4. The van der Waals surface area contributed by atoms with Gasteiger partial charge >= 0.3 is 5.97 Å². The molecule has 6 rings (SSSR count). The molecule has 0 saturated heterocycles. The number of fused-ring (bicyclic) bond motifs is 4. The number of nitrogens with one attached hydrogen (secondary N) is 2. The van der Waals surface area contributed by atoms with Gasteiger partial charge < -0.3 is 15.0 Å². The van der Waals surface area contributed by atoms with E-state index >= 15 is 0 Å². The van der Waals surface area contributed by atoms with E-state index in [1.807, 2.05) is 6.07 Å². The Bertz CT molecular complexity index is 1240. The van der Waals surface area contributed by atoms with Gasteiger partial charge in [0.15, 0.2) is 11.6 Å². The van der Waals surface area contributed by atoms with Crippen LogP contribution in [0.5, 0.6) is 0 Å². The summed E-state index contributed by atoms with van der Waals surface area (Å²) in [6.07, 6.45) is 6.46. The summed E-state index contributed by atoms with van der Waals surface area (Å²) in [5.41, 5.74) is 1.11. The van der Waals surface area contributed by atoms with Crippen molar-refractivity contribution in [3.63, 3.8) is 0 Å². The number of nitrogens with zero attached hydrogens (tertiary/aromatic N) is 3. The number of aromatic nitrogens is 3. The second-order valence-corrected chi connectivity index (χ2v) is 8.47. The normalized spacial score (nSPS) is 24.3. The number of esters is 1. The smallest absolute Gasteiger partial charge is 0.311 e. The summed E-state index contributed by atoms with van der Waals surface area (Å²) in [4.78, 5) is 23.9. The summed E-state index contributed by atoms with van der Waals surface area (Å²) in [7, 11) is 1.37. The maximum absolute atomic E-state index is 15.0. The minimum absolute atomic E-state index is 0.0212. The van der Waals surface area contributed by atoms with E-state index in [0.717, 1.165) is 37.9 Å². The number of ether oxygens (including phenoxy) is 1. The van der Waals surface area contributed by atoms with Crippen molar-refractivity contribution in [1.29, 1.82) is 5.26 Å². The Morgan fingerprint density at radius 2 is 2.00 bits per heavy atom. The molecule has 9 heteroatoms. The molecule has 3 fully saturated rings. The molecule has 3 aliphatic carbocycles. The lowest BCUT2D eigenvalue weighted by Gasteiger charge is -2.47. The zero-order valence-corrected chi connectivity index (χ0v) is 17.4. The SMILES string of the molecule is COC(=O)[C@@H]1C2CCC(CC2)C1Nc1nc(-c2c[nH]c3ncc(F)cc23)c(C#N)cc1F. The number of pyridine rings is 2. The average molecular weight is 437 g/mol. The van der Waals surface area contributed by atoms with Gasteiger partial charge in [0.2, 0.25) is 0 Å². The number of aromatic amines is 1. The first-order valence-corrected chi connectivity index (χ1v) is 10.6. The van der Waals surface area contributed by atoms with Crippen LogP contribution in [0.1, 0.15) is 31.2 Å². The molecule has 3 saturated carbocycles. The minimum Gasteiger partial charge on any atom is -0.469 e. The maximum atomic E-state index is 15.0. The summed E-state index contributed by atoms with van der Waals surface area (Å²) in [5.74, 6) is -1.53. The van der Waals surface area contributed by atoms with Crippen LogP contribution in [-0.2, 0) is 9.53 Å². The van der Waals surface area contributed by atoms with Crippen molar-refractivity contribution in [2.45, 2.75) is 31.7 Å². The van der Waals surface area contributed by atoms with Crippen LogP contribution in [0.4, 0.5) is 14.6 Å². The number of H-pyrrole nitrogens is 1. The van der Waals surface area contributed by atoms with Gasteiger partial charge in [0.25, 0.3) is 0 Å². The second-order valence-electron chi connectivity index (χ2n) is 8.47. The van der Waals surface area contributed by atoms with Crippen molar-refractivity contribution in [3.8, 4) is 17.3 Å². The Balaban J connectivity index is 1.57. The van der Waals surface area contributed by atoms with Crippen LogP contribution in [0.2, 0.25) is 0 Å². The molecule has 164 valence electrons. The minimum atomic E-state index is -0.681. The third-order valence-corrected chi connectivity index (χ3v) is 6.85. The van der Waals surface area contributed by atoms with E-state index in [1.54, 1.807) is 6.20 Å². The monoisotopic (exact) mass is 437 g/mol. The Morgan fingerprint density at radius 1 is 1.25 bits per heavy atom. The third-order valence-electron chi connectivity index (χ3n) is 6.85. The van der Waals surface area contributed by atoms with Crippen molar-refractivity contribution >= 4 is 22.8 Å². The average Bonchev–Trinajstić information content (AvgIpc) is 3.23. The van der Waals surface area contributed by atoms with Gasteiger partial charge in [-0.05, 0) is 49.7 Å². The van der Waals surface area contributed by atoms with Crippen LogP contribution in [0, 0.1) is 40.7 Å². The number of methoxy groups -OCH3 is 1. The van der Waals surface area contributed by atoms with Crippen LogP contribution in [-0.4, -0.2) is 34.1 Å². The molecule has 0 radical (unpaired) electrons. The highest BCUT2D eigenvalue weighted by molar-refractivity contribution is 5.94. The summed E-state index contributed by atoms with van der Waals surface area (Å²) < 4.78 is 33.8. The van der Waals surface area contributed by atoms with Gasteiger partial charge in [0.1, 0.15) is 17.5 Å². The molecule has 3 heterocycles. The lowest BCUT2D eigenvalue weighted by atomic mass is 9.61. The van der Waals surface area contributed by atoms with Crippen molar-refractivity contribution in [2.24, 2.45) is 17.8 Å². The molecule has 3 aromatic rings. The largest absolute Gasteiger partial charge is 0.469 e. The van der Waals surface area contributed by atoms with Gasteiger partial charge in [-0.1, -0.05) is 0 Å². The van der Waals surface area contributed by atoms with E-state index in [2.05, 4.69) is 20.3 Å². The van der Waals surface area contributed by atoms with Crippen LogP contribution < -0.4 is 5.32 Å². The topological polar surface area (TPSA) is 104 Å². The standard InChI is InChI=1S/C23H21F2N5O2/c1-32-23(31)18-11-2-4-12(5-3-11)20(18)30-22-17(25)6-13(8-26)19(29-22)16-10-28-21-15(16)7-14(24)9-27-21/h6-7,9-12,18,20H,2-5H2,1H3,(H,27,28)(H,29,30)/t11?,12?,18-,20?/m1/s1. The van der Waals surface area contributed by atoms with E-state index in [0.29, 0.717) is 16.6 Å². The fraction of sp³-hybridized carbons (Fsp3) is 0.391. The Kier molecular flexibility index (Phi) is 5.00. The first-order chi connectivity index (χ1) is 15.5. The molecular weight excluding hydrogens is 416 g/mol. The lowest BCUT2D eigenvalue weighted by molar-refractivity contribution is -0.152. The van der Waals surface area contributed by atoms with Gasteiger partial charge in [-0.2, -0.15) is 5.26 Å². The molecule has 2 bridgehead atoms. The van der Waals surface area contributed by atoms with E-state index in [9.17, 15) is 18.8 Å². The summed E-state index contributed by atoms with van der Waals surface area (Å²) >= 11 is 0. The first-order valence-electron chi connectivity index (χ1n) is 10.6. The zero-order valence-electron chi connectivity index (χ0n) is 17.4. The van der Waals surface area contributed by atoms with Crippen LogP contribution in [0.15, 0.2) is 24.5 Å². The lowest BCUT2D eigenvalue weighted by Crippen LogP contribution is -2.52. The van der Waals surface area contributed by atoms with Gasteiger partial charge in [-0.3, -0.25) is 4.79 Å². The molecule has 3 aliphatic rings. The molecule has 0 aromatic carbocycles. The molecule has 7 nitrogen and oxygen atoms in total. The van der Waals surface area contributed by atoms with Crippen LogP contribution >= 0.6 is 0 Å². The molecule has 1 unspecified atom stereocenters. The first kappa shape index (κ1) is 20.4. The van der Waals surface area contributed by atoms with Crippen LogP contribution in [0.3, 0.4) is 0 Å². The molecule has 3 aromatic heterocycles. The third kappa shape index (κ3) is 3.27. The molecule has 0 amide bonds. The molecule has 2 N–H and O–H groups in total. The molecule has 0 spiro atoms. The van der Waals surface area contributed by atoms with E-state index in [4.69, 9.17) is 4.74 Å². The number of rotatable bonds is 4. The summed E-state index contributed by atoms with van der Waals surface area (Å²) in [6, 6.07) is 4.07. The number of carbonyl (C=O) groups excluding carboxylic acids is 1. The summed E-state index contributed by atoms with van der Waals surface area (Å²) in [6.45, 7) is 0. The number of hydrogen-bond acceptors (Lipinski definition) is 6. The number of halogens is 2. The number of hydrogen-bond donors (Lipinski definition) is 2. The Morgan fingerprint density at radius 3 is 2.72 bits per heavy atom. The van der Waals surface area contributed by atoms with Gasteiger partial charge in [0.05, 0.1) is 30.5 Å². The predicted octanol–water partition coefficient (Wildman–Crippen LogP) is 4.16.